The zero-order valence-electron chi connectivity index (χ0n) is 9.70. The molecule has 2 heterocycles. The number of rotatable bonds is 3. The van der Waals surface area contributed by atoms with Crippen molar-refractivity contribution in [3.05, 3.63) is 38.6 Å². The molecular formula is C12H14BrN3S. The molecule has 0 saturated carbocycles. The molecular weight excluding hydrogens is 298 g/mol. The van der Waals surface area contributed by atoms with Crippen molar-refractivity contribution in [3.8, 4) is 0 Å². The molecule has 2 aromatic rings. The Balaban J connectivity index is 2.15. The van der Waals surface area contributed by atoms with Crippen LogP contribution < -0.4 is 11.1 Å². The van der Waals surface area contributed by atoms with Gasteiger partial charge in [-0.3, -0.25) is 0 Å². The SMILES string of the molecule is Cc1ccc(C(C)Nc2ncc(N)cc2Br)s1. The van der Waals surface area contributed by atoms with E-state index >= 15 is 0 Å². The van der Waals surface area contributed by atoms with Crippen LogP contribution in [0.5, 0.6) is 0 Å². The molecule has 0 bridgehead atoms. The molecule has 0 aliphatic carbocycles. The van der Waals surface area contributed by atoms with Crippen molar-refractivity contribution in [2.45, 2.75) is 19.9 Å². The summed E-state index contributed by atoms with van der Waals surface area (Å²) in [6.07, 6.45) is 1.65. The van der Waals surface area contributed by atoms with Gasteiger partial charge in [0.05, 0.1) is 22.4 Å². The molecule has 0 aliphatic heterocycles. The normalized spacial score (nSPS) is 12.4. The summed E-state index contributed by atoms with van der Waals surface area (Å²) in [6.45, 7) is 4.23. The second-order valence-electron chi connectivity index (χ2n) is 3.91. The number of hydrogen-bond acceptors (Lipinski definition) is 4. The van der Waals surface area contributed by atoms with Crippen molar-refractivity contribution >= 4 is 38.8 Å². The molecule has 2 aromatic heterocycles. The van der Waals surface area contributed by atoms with E-state index in [0.29, 0.717) is 5.69 Å². The fourth-order valence-corrected chi connectivity index (χ4v) is 2.88. The first kappa shape index (κ1) is 12.4. The van der Waals surface area contributed by atoms with Gasteiger partial charge >= 0.3 is 0 Å². The maximum Gasteiger partial charge on any atom is 0.140 e. The van der Waals surface area contributed by atoms with Gasteiger partial charge in [-0.15, -0.1) is 11.3 Å². The largest absolute Gasteiger partial charge is 0.397 e. The van der Waals surface area contributed by atoms with Gasteiger partial charge in [-0.05, 0) is 48.0 Å². The van der Waals surface area contributed by atoms with Crippen LogP contribution in [0.2, 0.25) is 0 Å². The maximum absolute atomic E-state index is 5.65. The highest BCUT2D eigenvalue weighted by Crippen LogP contribution is 2.28. The van der Waals surface area contributed by atoms with Crippen molar-refractivity contribution < 1.29 is 0 Å². The zero-order chi connectivity index (χ0) is 12.4. The van der Waals surface area contributed by atoms with E-state index in [4.69, 9.17) is 5.73 Å². The fraction of sp³-hybridized carbons (Fsp3) is 0.250. The summed E-state index contributed by atoms with van der Waals surface area (Å²) in [4.78, 5) is 6.89. The first-order chi connectivity index (χ1) is 8.06. The summed E-state index contributed by atoms with van der Waals surface area (Å²) >= 11 is 5.25. The number of aromatic nitrogens is 1. The topological polar surface area (TPSA) is 50.9 Å². The summed E-state index contributed by atoms with van der Waals surface area (Å²) in [6, 6.07) is 6.36. The van der Waals surface area contributed by atoms with Gasteiger partial charge in [-0.1, -0.05) is 0 Å². The van der Waals surface area contributed by atoms with E-state index < -0.39 is 0 Å². The molecule has 0 fully saturated rings. The molecule has 2 rings (SSSR count). The summed E-state index contributed by atoms with van der Waals surface area (Å²) in [7, 11) is 0. The van der Waals surface area contributed by atoms with Crippen LogP contribution in [0, 0.1) is 6.92 Å². The Labute approximate surface area is 113 Å². The molecule has 90 valence electrons. The van der Waals surface area contributed by atoms with Crippen LogP contribution in [0.3, 0.4) is 0 Å². The smallest absolute Gasteiger partial charge is 0.140 e. The second kappa shape index (κ2) is 5.06. The quantitative estimate of drug-likeness (QED) is 0.901. The Bertz CT molecular complexity index is 524. The molecule has 17 heavy (non-hydrogen) atoms. The minimum Gasteiger partial charge on any atom is -0.397 e. The predicted molar refractivity (Wildman–Crippen MR) is 77.4 cm³/mol. The predicted octanol–water partition coefficient (Wildman–Crippen LogP) is 3.97. The molecule has 5 heteroatoms. The summed E-state index contributed by atoms with van der Waals surface area (Å²) in [5.74, 6) is 0.817. The maximum atomic E-state index is 5.65. The number of nitrogens with two attached hydrogens (primary N) is 1. The van der Waals surface area contributed by atoms with Gasteiger partial charge in [-0.2, -0.15) is 0 Å². The molecule has 0 radical (unpaired) electrons. The van der Waals surface area contributed by atoms with Crippen LogP contribution in [0.4, 0.5) is 11.5 Å². The zero-order valence-corrected chi connectivity index (χ0v) is 12.1. The van der Waals surface area contributed by atoms with E-state index in [1.54, 1.807) is 17.5 Å². The van der Waals surface area contributed by atoms with E-state index in [9.17, 15) is 0 Å². The van der Waals surface area contributed by atoms with Crippen LogP contribution >= 0.6 is 27.3 Å². The first-order valence-electron chi connectivity index (χ1n) is 5.30. The lowest BCUT2D eigenvalue weighted by atomic mass is 10.2. The molecule has 3 nitrogen and oxygen atoms in total. The number of anilines is 2. The summed E-state index contributed by atoms with van der Waals surface area (Å²) in [5.41, 5.74) is 6.31. The number of aryl methyl sites for hydroxylation is 1. The highest BCUT2D eigenvalue weighted by atomic mass is 79.9. The third-order valence-electron chi connectivity index (χ3n) is 2.40. The van der Waals surface area contributed by atoms with Crippen LogP contribution in [0.1, 0.15) is 22.7 Å². The van der Waals surface area contributed by atoms with Crippen LogP contribution in [-0.2, 0) is 0 Å². The third kappa shape index (κ3) is 2.98. The average Bonchev–Trinajstić information content (AvgIpc) is 2.69. The number of thiophene rings is 1. The van der Waals surface area contributed by atoms with Crippen LogP contribution in [-0.4, -0.2) is 4.98 Å². The van der Waals surface area contributed by atoms with Gasteiger partial charge in [-0.25, -0.2) is 4.98 Å². The van der Waals surface area contributed by atoms with E-state index in [1.807, 2.05) is 6.07 Å². The van der Waals surface area contributed by atoms with Crippen molar-refractivity contribution in [1.82, 2.24) is 4.98 Å². The molecule has 1 atom stereocenters. The van der Waals surface area contributed by atoms with Gasteiger partial charge < -0.3 is 11.1 Å². The minimum atomic E-state index is 0.237. The number of nitrogens with one attached hydrogen (secondary N) is 1. The number of pyridine rings is 1. The molecule has 3 N–H and O–H groups in total. The number of hydrogen-bond donors (Lipinski definition) is 2. The van der Waals surface area contributed by atoms with E-state index in [2.05, 4.69) is 52.2 Å². The third-order valence-corrected chi connectivity index (χ3v) is 4.19. The van der Waals surface area contributed by atoms with Gasteiger partial charge in [0.2, 0.25) is 0 Å². The standard InChI is InChI=1S/C12H14BrN3S/c1-7-3-4-11(17-7)8(2)16-12-10(13)5-9(14)6-15-12/h3-6,8H,14H2,1-2H3,(H,15,16). The molecule has 1 unspecified atom stereocenters. The highest BCUT2D eigenvalue weighted by Gasteiger charge is 2.10. The van der Waals surface area contributed by atoms with Gasteiger partial charge in [0, 0.05) is 9.75 Å². The lowest BCUT2D eigenvalue weighted by Crippen LogP contribution is -2.07. The second-order valence-corrected chi connectivity index (χ2v) is 6.09. The van der Waals surface area contributed by atoms with E-state index in [1.165, 1.54) is 9.75 Å². The van der Waals surface area contributed by atoms with Crippen molar-refractivity contribution in [2.75, 3.05) is 11.1 Å². The Morgan fingerprint density at radius 2 is 2.24 bits per heavy atom. The molecule has 0 saturated heterocycles. The Hall–Kier alpha value is -1.07. The molecule has 0 aliphatic rings. The van der Waals surface area contributed by atoms with Gasteiger partial charge in [0.1, 0.15) is 5.82 Å². The van der Waals surface area contributed by atoms with Crippen LogP contribution in [0.15, 0.2) is 28.9 Å². The monoisotopic (exact) mass is 311 g/mol. The number of nitrogens with zero attached hydrogens (tertiary/aromatic N) is 1. The number of halogens is 1. The van der Waals surface area contributed by atoms with Gasteiger partial charge in [0.15, 0.2) is 0 Å². The lowest BCUT2D eigenvalue weighted by Gasteiger charge is -2.14. The Kier molecular flexibility index (Phi) is 3.69. The fourth-order valence-electron chi connectivity index (χ4n) is 1.52. The highest BCUT2D eigenvalue weighted by molar-refractivity contribution is 9.10. The van der Waals surface area contributed by atoms with Crippen molar-refractivity contribution in [3.63, 3.8) is 0 Å². The van der Waals surface area contributed by atoms with Crippen LogP contribution in [0.25, 0.3) is 0 Å². The Morgan fingerprint density at radius 3 is 2.82 bits per heavy atom. The first-order valence-corrected chi connectivity index (χ1v) is 6.91. The number of nitrogen functional groups attached to an aromatic ring is 1. The van der Waals surface area contributed by atoms with E-state index in [0.717, 1.165) is 10.3 Å². The molecule has 0 aromatic carbocycles. The van der Waals surface area contributed by atoms with Gasteiger partial charge in [0.25, 0.3) is 0 Å². The van der Waals surface area contributed by atoms with E-state index in [-0.39, 0.29) is 6.04 Å². The summed E-state index contributed by atoms with van der Waals surface area (Å²) < 4.78 is 0.887. The van der Waals surface area contributed by atoms with Crippen molar-refractivity contribution in [2.24, 2.45) is 0 Å². The molecule has 0 amide bonds. The average molecular weight is 312 g/mol. The Morgan fingerprint density at radius 1 is 1.47 bits per heavy atom. The summed E-state index contributed by atoms with van der Waals surface area (Å²) in [5, 5.41) is 3.36. The van der Waals surface area contributed by atoms with Crippen molar-refractivity contribution in [1.29, 1.82) is 0 Å². The molecule has 0 spiro atoms. The lowest BCUT2D eigenvalue weighted by molar-refractivity contribution is 0.895. The minimum absolute atomic E-state index is 0.237.